The quantitative estimate of drug-likeness (QED) is 0.302. The molecule has 1 atom stereocenters. The van der Waals surface area contributed by atoms with Crippen molar-refractivity contribution in [2.24, 2.45) is 0 Å². The van der Waals surface area contributed by atoms with Crippen molar-refractivity contribution in [1.82, 2.24) is 24.3 Å². The van der Waals surface area contributed by atoms with Crippen molar-refractivity contribution in [3.8, 4) is 11.3 Å². The Balaban J connectivity index is 1.56. The Labute approximate surface area is 197 Å². The van der Waals surface area contributed by atoms with E-state index < -0.39 is 10.0 Å². The molecule has 0 fully saturated rings. The first-order chi connectivity index (χ1) is 16.0. The van der Waals surface area contributed by atoms with Gasteiger partial charge in [-0.2, -0.15) is 5.10 Å². The van der Waals surface area contributed by atoms with Crippen LogP contribution in [0.2, 0.25) is 0 Å². The van der Waals surface area contributed by atoms with E-state index in [1.165, 1.54) is 5.56 Å². The van der Waals surface area contributed by atoms with Crippen LogP contribution in [0.25, 0.3) is 22.3 Å². The van der Waals surface area contributed by atoms with Gasteiger partial charge in [0.15, 0.2) is 0 Å². The van der Waals surface area contributed by atoms with E-state index in [1.807, 2.05) is 27.7 Å². The lowest BCUT2D eigenvalue weighted by molar-refractivity contribution is 0.0923. The minimum absolute atomic E-state index is 0.0974. The zero-order valence-electron chi connectivity index (χ0n) is 19.8. The fraction of sp³-hybridized carbons (Fsp3) is 0.400. The Morgan fingerprint density at radius 3 is 2.61 bits per heavy atom. The van der Waals surface area contributed by atoms with Crippen LogP contribution in [0, 0.1) is 0 Å². The Kier molecular flexibility index (Phi) is 7.47. The van der Waals surface area contributed by atoms with Gasteiger partial charge in [0.25, 0.3) is 0 Å². The SMILES string of the molecule is COCCC(c1ccccc1)n1cc(-c2ncnc3c2ccn3COCCS(C)(C)C)cn1. The van der Waals surface area contributed by atoms with Crippen LogP contribution < -0.4 is 0 Å². The monoisotopic (exact) mass is 467 g/mol. The third kappa shape index (κ3) is 5.82. The van der Waals surface area contributed by atoms with Crippen LogP contribution >= 0.6 is 10.0 Å². The van der Waals surface area contributed by atoms with Gasteiger partial charge in [0.2, 0.25) is 0 Å². The highest BCUT2D eigenvalue weighted by Gasteiger charge is 2.17. The van der Waals surface area contributed by atoms with Crippen molar-refractivity contribution in [3.63, 3.8) is 0 Å². The molecule has 7 nitrogen and oxygen atoms in total. The fourth-order valence-corrected chi connectivity index (χ4v) is 4.41. The average molecular weight is 468 g/mol. The number of benzene rings is 1. The van der Waals surface area contributed by atoms with E-state index in [-0.39, 0.29) is 6.04 Å². The summed E-state index contributed by atoms with van der Waals surface area (Å²) in [6, 6.07) is 12.6. The first-order valence-electron chi connectivity index (χ1n) is 11.1. The molecule has 0 radical (unpaired) electrons. The number of methoxy groups -OCH3 is 1. The van der Waals surface area contributed by atoms with Gasteiger partial charge in [-0.25, -0.2) is 20.0 Å². The van der Waals surface area contributed by atoms with Crippen molar-refractivity contribution in [2.45, 2.75) is 19.2 Å². The molecule has 8 heteroatoms. The first kappa shape index (κ1) is 23.5. The summed E-state index contributed by atoms with van der Waals surface area (Å²) in [5.74, 6) is 1.09. The third-order valence-electron chi connectivity index (χ3n) is 5.60. The lowest BCUT2D eigenvalue weighted by Crippen LogP contribution is -2.13. The van der Waals surface area contributed by atoms with Gasteiger partial charge in [0, 0.05) is 42.8 Å². The number of fused-ring (bicyclic) bond motifs is 1. The van der Waals surface area contributed by atoms with Crippen molar-refractivity contribution in [3.05, 3.63) is 66.9 Å². The van der Waals surface area contributed by atoms with Gasteiger partial charge in [-0.1, -0.05) is 30.3 Å². The Morgan fingerprint density at radius 1 is 1.03 bits per heavy atom. The molecule has 3 heterocycles. The molecule has 0 N–H and O–H groups in total. The summed E-state index contributed by atoms with van der Waals surface area (Å²) in [7, 11) is 1.17. The maximum Gasteiger partial charge on any atom is 0.145 e. The highest BCUT2D eigenvalue weighted by Crippen LogP contribution is 2.33. The predicted molar refractivity (Wildman–Crippen MR) is 136 cm³/mol. The Bertz CT molecular complexity index is 1170. The summed E-state index contributed by atoms with van der Waals surface area (Å²) >= 11 is 0. The number of aromatic nitrogens is 5. The van der Waals surface area contributed by atoms with E-state index >= 15 is 0 Å². The standard InChI is InChI=1S/C25H33N5O2S/c1-31-13-11-23(20-8-6-5-7-9-20)30-17-21(16-28-30)24-22-10-12-29(25(22)27-18-26-24)19-32-14-15-33(2,3)4/h5-10,12,16-18,23H,11,13-15,19H2,1-4H3. The first-order valence-corrected chi connectivity index (χ1v) is 14.1. The third-order valence-corrected chi connectivity index (χ3v) is 6.99. The molecule has 0 aliphatic carbocycles. The van der Waals surface area contributed by atoms with Gasteiger partial charge in [0.05, 0.1) is 24.5 Å². The molecular weight excluding hydrogens is 434 g/mol. The number of nitrogens with zero attached hydrogens (tertiary/aromatic N) is 5. The maximum atomic E-state index is 5.92. The van der Waals surface area contributed by atoms with Gasteiger partial charge < -0.3 is 14.0 Å². The van der Waals surface area contributed by atoms with Crippen molar-refractivity contribution < 1.29 is 9.47 Å². The van der Waals surface area contributed by atoms with E-state index in [2.05, 4.69) is 65.3 Å². The van der Waals surface area contributed by atoms with Gasteiger partial charge in [-0.3, -0.25) is 4.68 Å². The minimum Gasteiger partial charge on any atom is -0.385 e. The molecule has 4 aromatic rings. The lowest BCUT2D eigenvalue weighted by atomic mass is 10.0. The molecule has 0 bridgehead atoms. The summed E-state index contributed by atoms with van der Waals surface area (Å²) in [4.78, 5) is 9.10. The zero-order valence-corrected chi connectivity index (χ0v) is 20.7. The van der Waals surface area contributed by atoms with Gasteiger partial charge in [0.1, 0.15) is 18.7 Å². The maximum absolute atomic E-state index is 5.92. The molecule has 0 saturated heterocycles. The smallest absolute Gasteiger partial charge is 0.145 e. The van der Waals surface area contributed by atoms with E-state index in [1.54, 1.807) is 13.4 Å². The summed E-state index contributed by atoms with van der Waals surface area (Å²) < 4.78 is 15.3. The lowest BCUT2D eigenvalue weighted by Gasteiger charge is -2.24. The van der Waals surface area contributed by atoms with Crippen LogP contribution in [0.1, 0.15) is 18.0 Å². The molecule has 1 aromatic carbocycles. The number of rotatable bonds is 11. The van der Waals surface area contributed by atoms with Crippen molar-refractivity contribution in [2.75, 3.05) is 44.8 Å². The summed E-state index contributed by atoms with van der Waals surface area (Å²) in [5.41, 5.74) is 3.92. The van der Waals surface area contributed by atoms with E-state index in [0.717, 1.165) is 41.1 Å². The summed E-state index contributed by atoms with van der Waals surface area (Å²) in [6.07, 6.45) is 15.3. The largest absolute Gasteiger partial charge is 0.385 e. The van der Waals surface area contributed by atoms with Gasteiger partial charge in [-0.15, -0.1) is 0 Å². The second-order valence-corrected chi connectivity index (χ2v) is 13.6. The van der Waals surface area contributed by atoms with Crippen LogP contribution in [0.4, 0.5) is 0 Å². The zero-order chi connectivity index (χ0) is 23.3. The van der Waals surface area contributed by atoms with Gasteiger partial charge >= 0.3 is 0 Å². The Hall–Kier alpha value is -2.68. The molecule has 4 rings (SSSR count). The Morgan fingerprint density at radius 2 is 1.85 bits per heavy atom. The number of hydrogen-bond donors (Lipinski definition) is 0. The van der Waals surface area contributed by atoms with Crippen LogP contribution in [-0.2, 0) is 16.2 Å². The highest BCUT2D eigenvalue weighted by atomic mass is 32.3. The van der Waals surface area contributed by atoms with E-state index in [9.17, 15) is 0 Å². The fourth-order valence-electron chi connectivity index (χ4n) is 3.80. The normalized spacial score (nSPS) is 13.5. The summed E-state index contributed by atoms with van der Waals surface area (Å²) in [5, 5.41) is 5.69. The molecule has 0 amide bonds. The average Bonchev–Trinajstić information content (AvgIpc) is 3.45. The second kappa shape index (κ2) is 10.5. The molecular formula is C25H33N5O2S. The van der Waals surface area contributed by atoms with Crippen molar-refractivity contribution in [1.29, 1.82) is 0 Å². The molecule has 3 aromatic heterocycles. The predicted octanol–water partition coefficient (Wildman–Crippen LogP) is 4.59. The molecule has 176 valence electrons. The van der Waals surface area contributed by atoms with Gasteiger partial charge in [-0.05, 0) is 36.8 Å². The molecule has 0 saturated carbocycles. The number of hydrogen-bond acceptors (Lipinski definition) is 5. The molecule has 0 aliphatic heterocycles. The summed E-state index contributed by atoms with van der Waals surface area (Å²) in [6.45, 7) is 1.90. The molecule has 0 spiro atoms. The molecule has 33 heavy (non-hydrogen) atoms. The van der Waals surface area contributed by atoms with Crippen LogP contribution in [0.3, 0.4) is 0 Å². The second-order valence-electron chi connectivity index (χ2n) is 8.99. The van der Waals surface area contributed by atoms with Crippen LogP contribution in [-0.4, -0.2) is 69.2 Å². The topological polar surface area (TPSA) is 67.0 Å². The number of ether oxygens (including phenoxy) is 2. The molecule has 0 aliphatic rings. The molecule has 1 unspecified atom stereocenters. The minimum atomic E-state index is -0.558. The van der Waals surface area contributed by atoms with E-state index in [0.29, 0.717) is 13.3 Å². The van der Waals surface area contributed by atoms with E-state index in [4.69, 9.17) is 14.6 Å². The van der Waals surface area contributed by atoms with Crippen molar-refractivity contribution >= 4 is 21.1 Å². The van der Waals surface area contributed by atoms with Crippen LogP contribution in [0.5, 0.6) is 0 Å². The van der Waals surface area contributed by atoms with Crippen LogP contribution in [0.15, 0.2) is 61.3 Å². The highest BCUT2D eigenvalue weighted by molar-refractivity contribution is 8.32.